The monoisotopic (exact) mass is 204 g/mol. The molecule has 1 aliphatic carbocycles. The van der Waals surface area contributed by atoms with Gasteiger partial charge in [0, 0.05) is 24.3 Å². The number of rotatable bonds is 0. The first-order valence-corrected chi connectivity index (χ1v) is 5.25. The average Bonchev–Trinajstić information content (AvgIpc) is 2.54. The van der Waals surface area contributed by atoms with E-state index in [1.807, 2.05) is 0 Å². The molecule has 78 valence electrons. The van der Waals surface area contributed by atoms with Crippen LogP contribution in [0.15, 0.2) is 18.2 Å². The lowest BCUT2D eigenvalue weighted by Crippen LogP contribution is -2.27. The molecule has 1 aromatic rings. The van der Waals surface area contributed by atoms with E-state index in [1.54, 1.807) is 18.2 Å². The minimum absolute atomic E-state index is 0.00282. The van der Waals surface area contributed by atoms with Crippen LogP contribution in [0, 0.1) is 0 Å². The third kappa shape index (κ3) is 1.30. The second-order valence-electron chi connectivity index (χ2n) is 4.27. The molecule has 2 aliphatic rings. The maximum atomic E-state index is 11.3. The van der Waals surface area contributed by atoms with Crippen LogP contribution in [0.1, 0.15) is 30.7 Å². The predicted molar refractivity (Wildman–Crippen MR) is 54.1 cm³/mol. The fourth-order valence-corrected chi connectivity index (χ4v) is 2.55. The molecule has 3 rings (SSSR count). The van der Waals surface area contributed by atoms with Gasteiger partial charge in [0.2, 0.25) is 0 Å². The van der Waals surface area contributed by atoms with E-state index in [2.05, 4.69) is 0 Å². The molecule has 1 N–H and O–H groups in total. The Bertz CT molecular complexity index is 425. The molecule has 1 heterocycles. The number of benzene rings is 1. The number of carbonyl (C=O) groups excluding carboxylic acids is 1. The van der Waals surface area contributed by atoms with Gasteiger partial charge in [-0.2, -0.15) is 0 Å². The molecule has 0 bridgehead atoms. The molecule has 0 radical (unpaired) electrons. The zero-order chi connectivity index (χ0) is 10.4. The zero-order valence-corrected chi connectivity index (χ0v) is 8.27. The Morgan fingerprint density at radius 3 is 3.13 bits per heavy atom. The average molecular weight is 204 g/mol. The lowest BCUT2D eigenvalue weighted by molar-refractivity contribution is -0.122. The molecule has 2 atom stereocenters. The van der Waals surface area contributed by atoms with Crippen LogP contribution in [-0.2, 0) is 4.79 Å². The fraction of sp³-hybridized carbons (Fsp3) is 0.417. The summed E-state index contributed by atoms with van der Waals surface area (Å²) in [7, 11) is 0. The Hall–Kier alpha value is -1.51. The van der Waals surface area contributed by atoms with E-state index in [9.17, 15) is 9.90 Å². The van der Waals surface area contributed by atoms with Crippen LogP contribution in [0.3, 0.4) is 0 Å². The van der Waals surface area contributed by atoms with Crippen LogP contribution >= 0.6 is 0 Å². The second kappa shape index (κ2) is 2.99. The molecule has 0 amide bonds. The number of hydrogen-bond acceptors (Lipinski definition) is 3. The highest BCUT2D eigenvalue weighted by atomic mass is 16.5. The summed E-state index contributed by atoms with van der Waals surface area (Å²) >= 11 is 0. The summed E-state index contributed by atoms with van der Waals surface area (Å²) in [5, 5.41) is 9.42. The Labute approximate surface area is 87.7 Å². The molecule has 1 aliphatic heterocycles. The van der Waals surface area contributed by atoms with Gasteiger partial charge in [-0.3, -0.25) is 4.79 Å². The zero-order valence-electron chi connectivity index (χ0n) is 8.27. The Balaban J connectivity index is 1.99. The molecule has 1 aromatic carbocycles. The molecule has 1 saturated carbocycles. The summed E-state index contributed by atoms with van der Waals surface area (Å²) < 4.78 is 5.70. The summed E-state index contributed by atoms with van der Waals surface area (Å²) in [5.41, 5.74) is 1.06. The van der Waals surface area contributed by atoms with Gasteiger partial charge >= 0.3 is 0 Å². The number of phenolic OH excluding ortho intramolecular Hbond substituents is 1. The fourth-order valence-electron chi connectivity index (χ4n) is 2.55. The number of carbonyl (C=O) groups is 1. The van der Waals surface area contributed by atoms with Crippen molar-refractivity contribution in [3.05, 3.63) is 23.8 Å². The molecule has 0 aromatic heterocycles. The SMILES string of the molecule is O=C1CC[C@H]2c3cc(O)ccc3O[C@@H]2C1. The van der Waals surface area contributed by atoms with Crippen LogP contribution in [0.5, 0.6) is 11.5 Å². The van der Waals surface area contributed by atoms with E-state index in [0.29, 0.717) is 18.8 Å². The van der Waals surface area contributed by atoms with Crippen molar-refractivity contribution in [3.63, 3.8) is 0 Å². The van der Waals surface area contributed by atoms with Crippen LogP contribution in [0.4, 0.5) is 0 Å². The summed E-state index contributed by atoms with van der Waals surface area (Å²) in [5.74, 6) is 1.69. The molecule has 1 fully saturated rings. The largest absolute Gasteiger partial charge is 0.508 e. The van der Waals surface area contributed by atoms with E-state index in [4.69, 9.17) is 4.74 Å². The topological polar surface area (TPSA) is 46.5 Å². The molecule has 0 unspecified atom stereocenters. The van der Waals surface area contributed by atoms with Gasteiger partial charge in [-0.1, -0.05) is 0 Å². The number of fused-ring (bicyclic) bond motifs is 3. The van der Waals surface area contributed by atoms with Crippen molar-refractivity contribution in [1.29, 1.82) is 0 Å². The highest BCUT2D eigenvalue weighted by Crippen LogP contribution is 2.45. The lowest BCUT2D eigenvalue weighted by atomic mass is 9.83. The quantitative estimate of drug-likeness (QED) is 0.703. The molecular formula is C12H12O3. The van der Waals surface area contributed by atoms with Gasteiger partial charge in [-0.05, 0) is 24.6 Å². The van der Waals surface area contributed by atoms with Crippen molar-refractivity contribution >= 4 is 5.78 Å². The lowest BCUT2D eigenvalue weighted by Gasteiger charge is -2.22. The van der Waals surface area contributed by atoms with Gasteiger partial charge in [0.15, 0.2) is 0 Å². The Morgan fingerprint density at radius 1 is 1.40 bits per heavy atom. The van der Waals surface area contributed by atoms with E-state index in [1.165, 1.54) is 0 Å². The highest BCUT2D eigenvalue weighted by molar-refractivity contribution is 5.80. The number of aromatic hydroxyl groups is 1. The maximum absolute atomic E-state index is 11.3. The second-order valence-corrected chi connectivity index (χ2v) is 4.27. The number of hydrogen-bond donors (Lipinski definition) is 1. The van der Waals surface area contributed by atoms with Crippen LogP contribution < -0.4 is 4.74 Å². The van der Waals surface area contributed by atoms with E-state index >= 15 is 0 Å². The highest BCUT2D eigenvalue weighted by Gasteiger charge is 2.38. The molecule has 0 spiro atoms. The van der Waals surface area contributed by atoms with E-state index in [-0.39, 0.29) is 17.6 Å². The van der Waals surface area contributed by atoms with Crippen molar-refractivity contribution < 1.29 is 14.6 Å². The van der Waals surface area contributed by atoms with Crippen LogP contribution in [0.25, 0.3) is 0 Å². The Morgan fingerprint density at radius 2 is 2.27 bits per heavy atom. The van der Waals surface area contributed by atoms with Gasteiger partial charge in [0.1, 0.15) is 23.4 Å². The number of ether oxygens (including phenoxy) is 1. The third-order valence-corrected chi connectivity index (χ3v) is 3.28. The summed E-state index contributed by atoms with van der Waals surface area (Å²) in [6, 6.07) is 5.17. The minimum atomic E-state index is 0.00282. The molecule has 3 nitrogen and oxygen atoms in total. The van der Waals surface area contributed by atoms with Crippen molar-refractivity contribution in [2.75, 3.05) is 0 Å². The first kappa shape index (κ1) is 8.77. The smallest absolute Gasteiger partial charge is 0.136 e. The minimum Gasteiger partial charge on any atom is -0.508 e. The normalized spacial score (nSPS) is 28.1. The Kier molecular flexibility index (Phi) is 1.75. The van der Waals surface area contributed by atoms with Crippen molar-refractivity contribution in [2.24, 2.45) is 0 Å². The van der Waals surface area contributed by atoms with Gasteiger partial charge < -0.3 is 9.84 Å². The summed E-state index contributed by atoms with van der Waals surface area (Å²) in [6.07, 6.45) is 2.00. The van der Waals surface area contributed by atoms with Crippen LogP contribution in [0.2, 0.25) is 0 Å². The molecule has 15 heavy (non-hydrogen) atoms. The number of phenols is 1. The molecule has 3 heteroatoms. The first-order valence-electron chi connectivity index (χ1n) is 5.25. The van der Waals surface area contributed by atoms with Gasteiger partial charge in [-0.25, -0.2) is 0 Å². The van der Waals surface area contributed by atoms with Crippen LogP contribution in [-0.4, -0.2) is 17.0 Å². The molecule has 0 saturated heterocycles. The van der Waals surface area contributed by atoms with Crippen molar-refractivity contribution in [3.8, 4) is 11.5 Å². The van der Waals surface area contributed by atoms with Crippen molar-refractivity contribution in [1.82, 2.24) is 0 Å². The van der Waals surface area contributed by atoms with Gasteiger partial charge in [0.25, 0.3) is 0 Å². The number of Topliss-reactive ketones (excluding diaryl/α,β-unsaturated/α-hetero) is 1. The standard InChI is InChI=1S/C12H12O3/c13-7-2-4-11-10(5-7)9-3-1-8(14)6-12(9)15-11/h2,4-5,9,12-13H,1,3,6H2/t9-,12+/m0/s1. The molecular weight excluding hydrogens is 192 g/mol. The predicted octanol–water partition coefficient (Wildman–Crippen LogP) is 1.99. The number of ketones is 1. The van der Waals surface area contributed by atoms with Crippen molar-refractivity contribution in [2.45, 2.75) is 31.3 Å². The van der Waals surface area contributed by atoms with Gasteiger partial charge in [0.05, 0.1) is 0 Å². The summed E-state index contributed by atoms with van der Waals surface area (Å²) in [6.45, 7) is 0. The van der Waals surface area contributed by atoms with Gasteiger partial charge in [-0.15, -0.1) is 0 Å². The first-order chi connectivity index (χ1) is 7.24. The summed E-state index contributed by atoms with van der Waals surface area (Å²) in [4.78, 5) is 11.3. The van der Waals surface area contributed by atoms with E-state index in [0.717, 1.165) is 17.7 Å². The third-order valence-electron chi connectivity index (χ3n) is 3.28. The maximum Gasteiger partial charge on any atom is 0.136 e. The van der Waals surface area contributed by atoms with E-state index < -0.39 is 0 Å².